The van der Waals surface area contributed by atoms with E-state index in [1.807, 2.05) is 0 Å². The van der Waals surface area contributed by atoms with Crippen LogP contribution in [0.2, 0.25) is 0 Å². The van der Waals surface area contributed by atoms with Crippen molar-refractivity contribution in [3.8, 4) is 0 Å². The molecule has 0 atom stereocenters. The number of piperazine rings is 1. The molecule has 0 saturated carbocycles. The molecule has 1 aliphatic heterocycles. The number of carbonyl (C=O) groups excluding carboxylic acids is 1. The molecule has 1 fully saturated rings. The van der Waals surface area contributed by atoms with Gasteiger partial charge in [0, 0.05) is 33.2 Å². The van der Waals surface area contributed by atoms with Crippen LogP contribution in [0.1, 0.15) is 20.8 Å². The molecule has 0 aromatic carbocycles. The van der Waals surface area contributed by atoms with Crippen LogP contribution in [-0.2, 0) is 14.8 Å². The number of hydrogen-bond acceptors (Lipinski definition) is 4. The van der Waals surface area contributed by atoms with E-state index < -0.39 is 14.8 Å². The molecular formula is C11H23N3O3S. The first-order valence-electron chi connectivity index (χ1n) is 6.10. The highest BCUT2D eigenvalue weighted by Gasteiger charge is 2.34. The minimum absolute atomic E-state index is 0.0837. The van der Waals surface area contributed by atoms with Crippen molar-refractivity contribution in [2.75, 3.05) is 39.8 Å². The van der Waals surface area contributed by atoms with Crippen molar-refractivity contribution in [3.63, 3.8) is 0 Å². The standard InChI is InChI=1S/C11H23N3O3S/c1-11(2,3)18(16,17)13(4)9-10(15)14-7-5-12-6-8-14/h12H,5-9H2,1-4H3. The molecule has 1 amide bonds. The lowest BCUT2D eigenvalue weighted by Crippen LogP contribution is -2.51. The Morgan fingerprint density at radius 3 is 2.22 bits per heavy atom. The van der Waals surface area contributed by atoms with Crippen LogP contribution in [0.15, 0.2) is 0 Å². The molecule has 0 spiro atoms. The predicted molar refractivity (Wildman–Crippen MR) is 70.8 cm³/mol. The molecule has 1 saturated heterocycles. The summed E-state index contributed by atoms with van der Waals surface area (Å²) < 4.78 is 24.5. The predicted octanol–water partition coefficient (Wildman–Crippen LogP) is -0.522. The summed E-state index contributed by atoms with van der Waals surface area (Å²) >= 11 is 0. The first-order chi connectivity index (χ1) is 8.16. The van der Waals surface area contributed by atoms with Crippen molar-refractivity contribution in [2.45, 2.75) is 25.5 Å². The summed E-state index contributed by atoms with van der Waals surface area (Å²) in [6.45, 7) is 7.63. The van der Waals surface area contributed by atoms with E-state index in [9.17, 15) is 13.2 Å². The Bertz CT molecular complexity index is 394. The molecular weight excluding hydrogens is 254 g/mol. The number of sulfonamides is 1. The zero-order valence-corrected chi connectivity index (χ0v) is 12.4. The second kappa shape index (κ2) is 5.54. The maximum Gasteiger partial charge on any atom is 0.237 e. The highest BCUT2D eigenvalue weighted by atomic mass is 32.2. The van der Waals surface area contributed by atoms with Crippen molar-refractivity contribution in [1.29, 1.82) is 0 Å². The van der Waals surface area contributed by atoms with E-state index in [-0.39, 0.29) is 12.5 Å². The number of carbonyl (C=O) groups is 1. The van der Waals surface area contributed by atoms with Crippen LogP contribution in [-0.4, -0.2) is 68.0 Å². The highest BCUT2D eigenvalue weighted by Crippen LogP contribution is 2.18. The molecule has 0 unspecified atom stereocenters. The summed E-state index contributed by atoms with van der Waals surface area (Å²) in [6.07, 6.45) is 0. The van der Waals surface area contributed by atoms with Crippen LogP contribution in [0, 0.1) is 0 Å². The average Bonchev–Trinajstić information content (AvgIpc) is 2.28. The Kier molecular flexibility index (Phi) is 4.74. The largest absolute Gasteiger partial charge is 0.339 e. The van der Waals surface area contributed by atoms with E-state index in [4.69, 9.17) is 0 Å². The van der Waals surface area contributed by atoms with Gasteiger partial charge >= 0.3 is 0 Å². The first-order valence-corrected chi connectivity index (χ1v) is 7.54. The summed E-state index contributed by atoms with van der Waals surface area (Å²) in [7, 11) is -1.98. The van der Waals surface area contributed by atoms with Gasteiger partial charge in [-0.15, -0.1) is 0 Å². The SMILES string of the molecule is CN(CC(=O)N1CCNCC1)S(=O)(=O)C(C)(C)C. The number of hydrogen-bond donors (Lipinski definition) is 1. The second-order valence-corrected chi connectivity index (χ2v) is 8.30. The molecule has 1 aliphatic rings. The monoisotopic (exact) mass is 277 g/mol. The van der Waals surface area contributed by atoms with E-state index >= 15 is 0 Å². The molecule has 0 bridgehead atoms. The molecule has 1 N–H and O–H groups in total. The van der Waals surface area contributed by atoms with Gasteiger partial charge in [0.1, 0.15) is 0 Å². The van der Waals surface area contributed by atoms with Crippen LogP contribution in [0.25, 0.3) is 0 Å². The van der Waals surface area contributed by atoms with E-state index in [0.29, 0.717) is 13.1 Å². The Morgan fingerprint density at radius 1 is 1.28 bits per heavy atom. The second-order valence-electron chi connectivity index (χ2n) is 5.50. The third kappa shape index (κ3) is 3.43. The molecule has 106 valence electrons. The van der Waals surface area contributed by atoms with Crippen molar-refractivity contribution in [3.05, 3.63) is 0 Å². The summed E-state index contributed by atoms with van der Waals surface area (Å²) in [5, 5.41) is 3.15. The van der Waals surface area contributed by atoms with Gasteiger partial charge in [-0.2, -0.15) is 4.31 Å². The number of amides is 1. The zero-order valence-electron chi connectivity index (χ0n) is 11.6. The van der Waals surface area contributed by atoms with E-state index in [2.05, 4.69) is 5.32 Å². The average molecular weight is 277 g/mol. The van der Waals surface area contributed by atoms with Crippen LogP contribution in [0.4, 0.5) is 0 Å². The van der Waals surface area contributed by atoms with Gasteiger partial charge in [0.05, 0.1) is 11.3 Å². The van der Waals surface area contributed by atoms with Gasteiger partial charge in [-0.25, -0.2) is 8.42 Å². The van der Waals surface area contributed by atoms with Crippen molar-refractivity contribution in [1.82, 2.24) is 14.5 Å². The molecule has 7 heteroatoms. The Labute approximate surface area is 109 Å². The minimum atomic E-state index is -3.44. The zero-order chi connectivity index (χ0) is 14.0. The third-order valence-corrected chi connectivity index (χ3v) is 5.51. The quantitative estimate of drug-likeness (QED) is 0.753. The normalized spacial score (nSPS) is 18.2. The van der Waals surface area contributed by atoms with Gasteiger partial charge in [0.25, 0.3) is 0 Å². The Balaban J connectivity index is 2.64. The fraction of sp³-hybridized carbons (Fsp3) is 0.909. The maximum atomic E-state index is 12.1. The van der Waals surface area contributed by atoms with Gasteiger partial charge in [-0.1, -0.05) is 0 Å². The molecule has 0 radical (unpaired) electrons. The van der Waals surface area contributed by atoms with Crippen molar-refractivity contribution >= 4 is 15.9 Å². The summed E-state index contributed by atoms with van der Waals surface area (Å²) in [6, 6.07) is 0. The van der Waals surface area contributed by atoms with Gasteiger partial charge < -0.3 is 10.2 Å². The van der Waals surface area contributed by atoms with E-state index in [0.717, 1.165) is 17.4 Å². The number of nitrogens with zero attached hydrogens (tertiary/aromatic N) is 2. The molecule has 0 aliphatic carbocycles. The van der Waals surface area contributed by atoms with Gasteiger partial charge in [0.15, 0.2) is 0 Å². The fourth-order valence-corrected chi connectivity index (χ4v) is 2.97. The summed E-state index contributed by atoms with van der Waals surface area (Å²) in [5.41, 5.74) is 0. The first kappa shape index (κ1) is 15.4. The number of rotatable bonds is 3. The van der Waals surface area contributed by atoms with Gasteiger partial charge in [-0.05, 0) is 20.8 Å². The van der Waals surface area contributed by atoms with Crippen molar-refractivity contribution < 1.29 is 13.2 Å². The lowest BCUT2D eigenvalue weighted by Gasteiger charge is -2.31. The van der Waals surface area contributed by atoms with Crippen molar-refractivity contribution in [2.24, 2.45) is 0 Å². The topological polar surface area (TPSA) is 69.7 Å². The third-order valence-electron chi connectivity index (χ3n) is 3.01. The smallest absolute Gasteiger partial charge is 0.237 e. The number of likely N-dealkylation sites (N-methyl/N-ethyl adjacent to an activating group) is 1. The summed E-state index contributed by atoms with van der Waals surface area (Å²) in [5.74, 6) is -0.133. The minimum Gasteiger partial charge on any atom is -0.339 e. The molecule has 6 nitrogen and oxygen atoms in total. The molecule has 18 heavy (non-hydrogen) atoms. The molecule has 0 aromatic rings. The number of nitrogens with one attached hydrogen (secondary N) is 1. The Morgan fingerprint density at radius 2 is 1.78 bits per heavy atom. The molecule has 0 aromatic heterocycles. The molecule has 1 rings (SSSR count). The van der Waals surface area contributed by atoms with Crippen LogP contribution in [0.5, 0.6) is 0 Å². The fourth-order valence-electron chi connectivity index (χ4n) is 1.76. The van der Waals surface area contributed by atoms with E-state index in [1.54, 1.807) is 25.7 Å². The van der Waals surface area contributed by atoms with Gasteiger partial charge in [-0.3, -0.25) is 4.79 Å². The van der Waals surface area contributed by atoms with Crippen LogP contribution < -0.4 is 5.32 Å². The lowest BCUT2D eigenvalue weighted by molar-refractivity contribution is -0.131. The van der Waals surface area contributed by atoms with Gasteiger partial charge in [0.2, 0.25) is 15.9 Å². The maximum absolute atomic E-state index is 12.1. The van der Waals surface area contributed by atoms with Crippen LogP contribution in [0.3, 0.4) is 0 Å². The highest BCUT2D eigenvalue weighted by molar-refractivity contribution is 7.90. The lowest BCUT2D eigenvalue weighted by atomic mass is 10.3. The Hall–Kier alpha value is -0.660. The molecule has 1 heterocycles. The summed E-state index contributed by atoms with van der Waals surface area (Å²) in [4.78, 5) is 13.7. The van der Waals surface area contributed by atoms with E-state index in [1.165, 1.54) is 7.05 Å². The van der Waals surface area contributed by atoms with Crippen LogP contribution >= 0.6 is 0 Å².